The molecule has 2 nitrogen and oxygen atoms in total. The minimum absolute atomic E-state index is 0.182. The van der Waals surface area contributed by atoms with Crippen molar-refractivity contribution < 1.29 is 4.79 Å². The van der Waals surface area contributed by atoms with E-state index < -0.39 is 0 Å². The maximum Gasteiger partial charge on any atom is 0.219 e. The van der Waals surface area contributed by atoms with E-state index in [9.17, 15) is 4.79 Å². The van der Waals surface area contributed by atoms with Crippen molar-refractivity contribution in [2.24, 2.45) is 23.7 Å². The second-order valence-corrected chi connectivity index (χ2v) is 8.47. The number of rotatable bonds is 14. The van der Waals surface area contributed by atoms with Crippen LogP contribution in [0.5, 0.6) is 0 Å². The Labute approximate surface area is 163 Å². The number of hydrogen-bond donors (Lipinski definition) is 1. The van der Waals surface area contributed by atoms with Gasteiger partial charge in [0, 0.05) is 13.5 Å². The zero-order chi connectivity index (χ0) is 19.2. The van der Waals surface area contributed by atoms with Gasteiger partial charge in [-0.15, -0.1) is 0 Å². The van der Waals surface area contributed by atoms with Crippen LogP contribution in [0, 0.1) is 23.7 Å². The molecule has 0 aromatic carbocycles. The van der Waals surface area contributed by atoms with Gasteiger partial charge in [-0.25, -0.2) is 0 Å². The number of allylic oxidation sites excluding steroid dienone is 2. The van der Waals surface area contributed by atoms with Gasteiger partial charge in [-0.3, -0.25) is 4.79 Å². The van der Waals surface area contributed by atoms with Crippen LogP contribution in [0.15, 0.2) is 12.2 Å². The Balaban J connectivity index is 2.25. The average molecular weight is 364 g/mol. The summed E-state index contributed by atoms with van der Waals surface area (Å²) in [6, 6.07) is 0. The lowest BCUT2D eigenvalue weighted by molar-refractivity contribution is -0.120. The van der Waals surface area contributed by atoms with Crippen molar-refractivity contribution in [1.29, 1.82) is 0 Å². The lowest BCUT2D eigenvalue weighted by Gasteiger charge is -2.38. The highest BCUT2D eigenvalue weighted by molar-refractivity contribution is 5.75. The van der Waals surface area contributed by atoms with E-state index in [1.54, 1.807) is 7.05 Å². The van der Waals surface area contributed by atoms with Crippen LogP contribution < -0.4 is 5.32 Å². The number of amides is 1. The molecule has 4 unspecified atom stereocenters. The van der Waals surface area contributed by atoms with Gasteiger partial charge in [-0.1, -0.05) is 90.7 Å². The van der Waals surface area contributed by atoms with Crippen LogP contribution in [0.4, 0.5) is 0 Å². The van der Waals surface area contributed by atoms with Crippen molar-refractivity contribution in [3.63, 3.8) is 0 Å². The van der Waals surface area contributed by atoms with Gasteiger partial charge in [-0.05, 0) is 42.9 Å². The van der Waals surface area contributed by atoms with E-state index in [1.807, 2.05) is 0 Å². The summed E-state index contributed by atoms with van der Waals surface area (Å²) in [5.74, 6) is 3.53. The van der Waals surface area contributed by atoms with Crippen molar-refractivity contribution in [3.05, 3.63) is 12.2 Å². The van der Waals surface area contributed by atoms with Crippen LogP contribution in [0.3, 0.4) is 0 Å². The minimum Gasteiger partial charge on any atom is -0.359 e. The molecular weight excluding hydrogens is 318 g/mol. The minimum atomic E-state index is 0.182. The van der Waals surface area contributed by atoms with Crippen LogP contribution >= 0.6 is 0 Å². The predicted molar refractivity (Wildman–Crippen MR) is 114 cm³/mol. The van der Waals surface area contributed by atoms with E-state index in [1.165, 1.54) is 70.6 Å². The molecule has 2 heteroatoms. The second kappa shape index (κ2) is 14.3. The molecule has 0 heterocycles. The summed E-state index contributed by atoms with van der Waals surface area (Å²) < 4.78 is 0. The highest BCUT2D eigenvalue weighted by atomic mass is 16.1. The SMILES string of the molecule is CCCCCCC1C=CC(CCCCCCCC(=O)NC)C(C)C1CC. The summed E-state index contributed by atoms with van der Waals surface area (Å²) in [5, 5.41) is 2.70. The van der Waals surface area contributed by atoms with Gasteiger partial charge in [0.25, 0.3) is 0 Å². The van der Waals surface area contributed by atoms with E-state index in [4.69, 9.17) is 0 Å². The summed E-state index contributed by atoms with van der Waals surface area (Å²) in [6.45, 7) is 7.19. The number of unbranched alkanes of at least 4 members (excludes halogenated alkanes) is 7. The normalized spacial score (nSPS) is 25.4. The van der Waals surface area contributed by atoms with Crippen LogP contribution in [0.25, 0.3) is 0 Å². The molecule has 4 atom stereocenters. The van der Waals surface area contributed by atoms with Crippen LogP contribution in [0.2, 0.25) is 0 Å². The molecular formula is C24H45NO. The Morgan fingerprint density at radius 3 is 2.08 bits per heavy atom. The second-order valence-electron chi connectivity index (χ2n) is 8.47. The summed E-state index contributed by atoms with van der Waals surface area (Å²) in [7, 11) is 1.72. The quantitative estimate of drug-likeness (QED) is 0.264. The fraction of sp³-hybridized carbons (Fsp3) is 0.875. The van der Waals surface area contributed by atoms with Gasteiger partial charge in [0.15, 0.2) is 0 Å². The van der Waals surface area contributed by atoms with Crippen molar-refractivity contribution in [2.45, 2.75) is 104 Å². The first-order valence-corrected chi connectivity index (χ1v) is 11.5. The zero-order valence-electron chi connectivity index (χ0n) is 18.1. The van der Waals surface area contributed by atoms with Crippen LogP contribution in [-0.4, -0.2) is 13.0 Å². The molecule has 1 aliphatic rings. The molecule has 1 amide bonds. The highest BCUT2D eigenvalue weighted by Crippen LogP contribution is 2.40. The molecule has 0 saturated carbocycles. The van der Waals surface area contributed by atoms with Crippen molar-refractivity contribution in [2.75, 3.05) is 7.05 Å². The first-order valence-electron chi connectivity index (χ1n) is 11.5. The first kappa shape index (κ1) is 23.2. The standard InChI is InChI=1S/C24H45NO/c1-5-7-8-12-16-22-19-18-21(20(3)23(22)6-2)15-13-10-9-11-14-17-24(26)25-4/h18-23H,5-17H2,1-4H3,(H,25,26). The van der Waals surface area contributed by atoms with Crippen LogP contribution in [0.1, 0.15) is 104 Å². The van der Waals surface area contributed by atoms with Gasteiger partial charge in [0.2, 0.25) is 5.91 Å². The van der Waals surface area contributed by atoms with Gasteiger partial charge in [0.05, 0.1) is 0 Å². The van der Waals surface area contributed by atoms with Crippen LogP contribution in [-0.2, 0) is 4.79 Å². The number of nitrogens with one attached hydrogen (secondary N) is 1. The molecule has 0 saturated heterocycles. The third kappa shape index (κ3) is 8.73. The van der Waals surface area contributed by atoms with Crippen molar-refractivity contribution in [1.82, 2.24) is 5.32 Å². The van der Waals surface area contributed by atoms with Gasteiger partial charge < -0.3 is 5.32 Å². The van der Waals surface area contributed by atoms with E-state index in [2.05, 4.69) is 38.2 Å². The Bertz CT molecular complexity index is 390. The molecule has 152 valence electrons. The number of hydrogen-bond acceptors (Lipinski definition) is 1. The molecule has 0 aliphatic heterocycles. The van der Waals surface area contributed by atoms with Gasteiger partial charge in [0.1, 0.15) is 0 Å². The fourth-order valence-corrected chi connectivity index (χ4v) is 4.78. The molecule has 0 aromatic heterocycles. The smallest absolute Gasteiger partial charge is 0.219 e. The lowest BCUT2D eigenvalue weighted by atomic mass is 9.67. The van der Waals surface area contributed by atoms with Gasteiger partial charge in [-0.2, -0.15) is 0 Å². The number of carbonyl (C=O) groups excluding carboxylic acids is 1. The summed E-state index contributed by atoms with van der Waals surface area (Å²) >= 11 is 0. The molecule has 0 spiro atoms. The Hall–Kier alpha value is -0.790. The van der Waals surface area contributed by atoms with E-state index in [-0.39, 0.29) is 5.91 Å². The molecule has 0 aromatic rings. The zero-order valence-corrected chi connectivity index (χ0v) is 18.1. The Morgan fingerprint density at radius 2 is 1.42 bits per heavy atom. The maximum atomic E-state index is 11.2. The first-order chi connectivity index (χ1) is 12.6. The van der Waals surface area contributed by atoms with Crippen molar-refractivity contribution in [3.8, 4) is 0 Å². The lowest BCUT2D eigenvalue weighted by Crippen LogP contribution is -2.29. The van der Waals surface area contributed by atoms with Crippen molar-refractivity contribution >= 4 is 5.91 Å². The molecule has 0 radical (unpaired) electrons. The summed E-state index contributed by atoms with van der Waals surface area (Å²) in [6.07, 6.45) is 21.6. The van der Waals surface area contributed by atoms with Gasteiger partial charge >= 0.3 is 0 Å². The van der Waals surface area contributed by atoms with E-state index in [0.29, 0.717) is 6.42 Å². The Kier molecular flexibility index (Phi) is 12.8. The third-order valence-electron chi connectivity index (χ3n) is 6.59. The Morgan fingerprint density at radius 1 is 0.846 bits per heavy atom. The topological polar surface area (TPSA) is 29.1 Å². The molecule has 0 bridgehead atoms. The maximum absolute atomic E-state index is 11.2. The molecule has 1 rings (SSSR count). The molecule has 0 fully saturated rings. The fourth-order valence-electron chi connectivity index (χ4n) is 4.78. The average Bonchev–Trinajstić information content (AvgIpc) is 2.65. The molecule has 1 aliphatic carbocycles. The summed E-state index contributed by atoms with van der Waals surface area (Å²) in [4.78, 5) is 11.2. The number of carbonyl (C=O) groups is 1. The highest BCUT2D eigenvalue weighted by Gasteiger charge is 2.31. The monoisotopic (exact) mass is 363 g/mol. The van der Waals surface area contributed by atoms with E-state index >= 15 is 0 Å². The van der Waals surface area contributed by atoms with E-state index in [0.717, 1.165) is 30.1 Å². The molecule has 1 N–H and O–H groups in total. The third-order valence-corrected chi connectivity index (χ3v) is 6.59. The largest absolute Gasteiger partial charge is 0.359 e. The predicted octanol–water partition coefficient (Wildman–Crippen LogP) is 6.90. The molecule has 26 heavy (non-hydrogen) atoms. The summed E-state index contributed by atoms with van der Waals surface area (Å²) in [5.41, 5.74) is 0.